The fourth-order valence-electron chi connectivity index (χ4n) is 2.62. The summed E-state index contributed by atoms with van der Waals surface area (Å²) < 4.78 is 19.4. The van der Waals surface area contributed by atoms with Crippen molar-refractivity contribution < 1.29 is 9.13 Å². The first-order valence-electron chi connectivity index (χ1n) is 6.52. The van der Waals surface area contributed by atoms with Crippen molar-refractivity contribution in [3.05, 3.63) is 63.9 Å². The van der Waals surface area contributed by atoms with Crippen LogP contribution in [0, 0.1) is 12.7 Å². The molecule has 1 aliphatic rings. The van der Waals surface area contributed by atoms with Gasteiger partial charge in [0.15, 0.2) is 0 Å². The summed E-state index contributed by atoms with van der Waals surface area (Å²) in [6, 6.07) is 9.99. The average molecular weight is 292 g/mol. The van der Waals surface area contributed by atoms with E-state index in [1.54, 1.807) is 12.1 Å². The van der Waals surface area contributed by atoms with Gasteiger partial charge in [0.1, 0.15) is 17.7 Å². The Morgan fingerprint density at radius 2 is 2.00 bits per heavy atom. The Labute approximate surface area is 122 Å². The van der Waals surface area contributed by atoms with Gasteiger partial charge in [0.05, 0.1) is 0 Å². The van der Waals surface area contributed by atoms with E-state index in [4.69, 9.17) is 22.1 Å². The van der Waals surface area contributed by atoms with Crippen LogP contribution >= 0.6 is 11.6 Å². The fourth-order valence-corrected chi connectivity index (χ4v) is 2.80. The van der Waals surface area contributed by atoms with Gasteiger partial charge in [0, 0.05) is 23.0 Å². The van der Waals surface area contributed by atoms with Crippen LogP contribution in [0.25, 0.3) is 0 Å². The molecule has 2 atom stereocenters. The monoisotopic (exact) mass is 291 g/mol. The van der Waals surface area contributed by atoms with Gasteiger partial charge < -0.3 is 10.5 Å². The lowest BCUT2D eigenvalue weighted by atomic mass is 9.91. The predicted molar refractivity (Wildman–Crippen MR) is 77.5 cm³/mol. The number of aryl methyl sites for hydroxylation is 1. The van der Waals surface area contributed by atoms with Crippen molar-refractivity contribution in [1.29, 1.82) is 0 Å². The summed E-state index contributed by atoms with van der Waals surface area (Å²) in [4.78, 5) is 0. The maximum atomic E-state index is 13.4. The van der Waals surface area contributed by atoms with Gasteiger partial charge in [-0.1, -0.05) is 17.7 Å². The molecule has 0 amide bonds. The third-order valence-corrected chi connectivity index (χ3v) is 3.93. The largest absolute Gasteiger partial charge is 0.485 e. The van der Waals surface area contributed by atoms with Crippen molar-refractivity contribution >= 4 is 11.6 Å². The Balaban J connectivity index is 1.99. The van der Waals surface area contributed by atoms with E-state index in [9.17, 15) is 4.39 Å². The molecule has 1 aliphatic heterocycles. The second-order valence-electron chi connectivity index (χ2n) is 5.13. The van der Waals surface area contributed by atoms with Gasteiger partial charge in [0.2, 0.25) is 0 Å². The van der Waals surface area contributed by atoms with Crippen LogP contribution in [0.1, 0.15) is 35.3 Å². The van der Waals surface area contributed by atoms with E-state index in [2.05, 4.69) is 0 Å². The Bertz CT molecular complexity index is 659. The van der Waals surface area contributed by atoms with Gasteiger partial charge in [-0.25, -0.2) is 4.39 Å². The minimum atomic E-state index is -0.260. The predicted octanol–water partition coefficient (Wildman–Crippen LogP) is 4.31. The van der Waals surface area contributed by atoms with Crippen LogP contribution in [0.2, 0.25) is 5.02 Å². The van der Waals surface area contributed by atoms with Gasteiger partial charge in [-0.3, -0.25) is 0 Å². The Morgan fingerprint density at radius 1 is 1.20 bits per heavy atom. The van der Waals surface area contributed by atoms with Crippen molar-refractivity contribution in [3.8, 4) is 5.75 Å². The van der Waals surface area contributed by atoms with Crippen LogP contribution in [-0.4, -0.2) is 0 Å². The molecule has 1 heterocycles. The second kappa shape index (κ2) is 5.08. The Kier molecular flexibility index (Phi) is 3.40. The number of benzene rings is 2. The normalized spacial score (nSPS) is 21.2. The molecule has 0 radical (unpaired) electrons. The minimum Gasteiger partial charge on any atom is -0.485 e. The molecule has 2 N–H and O–H groups in total. The third-order valence-electron chi connectivity index (χ3n) is 3.70. The minimum absolute atomic E-state index is 0.162. The van der Waals surface area contributed by atoms with E-state index in [0.29, 0.717) is 11.4 Å². The highest BCUT2D eigenvalue weighted by molar-refractivity contribution is 6.30. The molecule has 2 aromatic rings. The highest BCUT2D eigenvalue weighted by atomic mass is 35.5. The molecule has 0 saturated heterocycles. The van der Waals surface area contributed by atoms with Crippen LogP contribution < -0.4 is 10.5 Å². The van der Waals surface area contributed by atoms with Crippen molar-refractivity contribution in [2.24, 2.45) is 5.73 Å². The van der Waals surface area contributed by atoms with Gasteiger partial charge in [0.25, 0.3) is 0 Å². The van der Waals surface area contributed by atoms with Crippen molar-refractivity contribution in [3.63, 3.8) is 0 Å². The number of hydrogen-bond acceptors (Lipinski definition) is 2. The van der Waals surface area contributed by atoms with Gasteiger partial charge in [-0.15, -0.1) is 0 Å². The average Bonchev–Trinajstić information content (AvgIpc) is 2.42. The highest BCUT2D eigenvalue weighted by Crippen LogP contribution is 2.41. The number of nitrogens with two attached hydrogens (primary N) is 1. The summed E-state index contributed by atoms with van der Waals surface area (Å²) in [5, 5.41) is 0.642. The maximum absolute atomic E-state index is 13.4. The molecule has 20 heavy (non-hydrogen) atoms. The molecule has 0 saturated carbocycles. The first-order valence-corrected chi connectivity index (χ1v) is 6.90. The zero-order valence-corrected chi connectivity index (χ0v) is 11.8. The van der Waals surface area contributed by atoms with Crippen LogP contribution in [0.4, 0.5) is 4.39 Å². The number of ether oxygens (including phenoxy) is 1. The van der Waals surface area contributed by atoms with Crippen molar-refractivity contribution in [2.45, 2.75) is 25.5 Å². The number of fused-ring (bicyclic) bond motifs is 1. The van der Waals surface area contributed by atoms with E-state index in [0.717, 1.165) is 22.4 Å². The summed E-state index contributed by atoms with van der Waals surface area (Å²) in [5.74, 6) is 0.464. The summed E-state index contributed by atoms with van der Waals surface area (Å²) in [5.41, 5.74) is 8.95. The first-order chi connectivity index (χ1) is 9.54. The Hall–Kier alpha value is -1.58. The van der Waals surface area contributed by atoms with Gasteiger partial charge in [-0.2, -0.15) is 0 Å². The lowest BCUT2D eigenvalue weighted by molar-refractivity contribution is 0.160. The molecule has 0 aliphatic carbocycles. The van der Waals surface area contributed by atoms with Gasteiger partial charge >= 0.3 is 0 Å². The van der Waals surface area contributed by atoms with Crippen molar-refractivity contribution in [1.82, 2.24) is 0 Å². The standard InChI is InChI=1S/C16H15ClFNO/c1-9-2-4-11(18)7-12(9)16-8-14(19)13-6-10(17)3-5-15(13)20-16/h2-7,14,16H,8,19H2,1H3. The summed E-state index contributed by atoms with van der Waals surface area (Å²) in [6.07, 6.45) is 0.381. The smallest absolute Gasteiger partial charge is 0.126 e. The molecular formula is C16H15ClFNO. The lowest BCUT2D eigenvalue weighted by Gasteiger charge is -2.31. The summed E-state index contributed by atoms with van der Waals surface area (Å²) in [6.45, 7) is 1.95. The topological polar surface area (TPSA) is 35.2 Å². The van der Waals surface area contributed by atoms with Crippen LogP contribution in [0.15, 0.2) is 36.4 Å². The quantitative estimate of drug-likeness (QED) is 0.849. The zero-order chi connectivity index (χ0) is 14.3. The van der Waals surface area contributed by atoms with Crippen molar-refractivity contribution in [2.75, 3.05) is 0 Å². The molecule has 0 fully saturated rings. The number of halogens is 2. The Morgan fingerprint density at radius 3 is 2.80 bits per heavy atom. The number of rotatable bonds is 1. The van der Waals surface area contributed by atoms with Gasteiger partial charge in [-0.05, 0) is 48.4 Å². The molecule has 104 valence electrons. The number of hydrogen-bond donors (Lipinski definition) is 1. The summed E-state index contributed by atoms with van der Waals surface area (Å²) in [7, 11) is 0. The maximum Gasteiger partial charge on any atom is 0.126 e. The summed E-state index contributed by atoms with van der Waals surface area (Å²) >= 11 is 5.98. The second-order valence-corrected chi connectivity index (χ2v) is 5.57. The molecule has 0 bridgehead atoms. The molecule has 2 aromatic carbocycles. The first kappa shape index (κ1) is 13.4. The van der Waals surface area contributed by atoms with E-state index < -0.39 is 0 Å². The van der Waals surface area contributed by atoms with E-state index in [1.165, 1.54) is 12.1 Å². The fraction of sp³-hybridized carbons (Fsp3) is 0.250. The third kappa shape index (κ3) is 2.39. The van der Waals surface area contributed by atoms with E-state index in [1.807, 2.05) is 19.1 Å². The molecule has 2 unspecified atom stereocenters. The van der Waals surface area contributed by atoms with Crippen LogP contribution in [-0.2, 0) is 0 Å². The van der Waals surface area contributed by atoms with E-state index >= 15 is 0 Å². The SMILES string of the molecule is Cc1ccc(F)cc1C1CC(N)c2cc(Cl)ccc2O1. The molecular weight excluding hydrogens is 277 g/mol. The molecule has 4 heteroatoms. The molecule has 3 rings (SSSR count). The molecule has 0 spiro atoms. The molecule has 0 aromatic heterocycles. The highest BCUT2D eigenvalue weighted by Gasteiger charge is 2.28. The zero-order valence-electron chi connectivity index (χ0n) is 11.1. The lowest BCUT2D eigenvalue weighted by Crippen LogP contribution is -2.24. The van der Waals surface area contributed by atoms with Crippen LogP contribution in [0.5, 0.6) is 5.75 Å². The van der Waals surface area contributed by atoms with E-state index in [-0.39, 0.29) is 18.0 Å². The van der Waals surface area contributed by atoms with Crippen LogP contribution in [0.3, 0.4) is 0 Å². The molecule has 2 nitrogen and oxygen atoms in total.